The van der Waals surface area contributed by atoms with E-state index in [1.54, 1.807) is 24.3 Å². The molecular weight excluding hydrogens is 348 g/mol. The molecule has 0 unspecified atom stereocenters. The Bertz CT molecular complexity index is 756. The average Bonchev–Trinajstić information content (AvgIpc) is 2.68. The molecule has 2 aromatic carbocycles. The van der Waals surface area contributed by atoms with Gasteiger partial charge in [-0.2, -0.15) is 0 Å². The number of halogens is 1. The minimum atomic E-state index is 0.0337. The summed E-state index contributed by atoms with van der Waals surface area (Å²) in [5.74, 6) is 0.228. The summed E-state index contributed by atoms with van der Waals surface area (Å²) >= 11 is 5.97. The van der Waals surface area contributed by atoms with Crippen LogP contribution in [-0.4, -0.2) is 54.2 Å². The summed E-state index contributed by atoms with van der Waals surface area (Å²) in [5, 5.41) is 0.581. The van der Waals surface area contributed by atoms with E-state index in [0.29, 0.717) is 30.1 Å². The molecule has 136 valence electrons. The predicted octanol–water partition coefficient (Wildman–Crippen LogP) is 3.76. The van der Waals surface area contributed by atoms with Crippen molar-refractivity contribution < 1.29 is 9.59 Å². The average molecular weight is 371 g/mol. The molecule has 0 atom stereocenters. The van der Waals surface area contributed by atoms with Crippen LogP contribution in [0.1, 0.15) is 33.6 Å². The molecule has 0 bridgehead atoms. The Morgan fingerprint density at radius 2 is 1.58 bits per heavy atom. The van der Waals surface area contributed by atoms with Crippen LogP contribution in [0.3, 0.4) is 0 Å². The maximum absolute atomic E-state index is 12.5. The highest BCUT2D eigenvalue weighted by Crippen LogP contribution is 2.14. The van der Waals surface area contributed by atoms with Gasteiger partial charge in [0.05, 0.1) is 0 Å². The van der Waals surface area contributed by atoms with Crippen molar-refractivity contribution in [2.45, 2.75) is 12.8 Å². The Labute approximate surface area is 159 Å². The van der Waals surface area contributed by atoms with Crippen molar-refractivity contribution in [1.82, 2.24) is 9.80 Å². The van der Waals surface area contributed by atoms with Crippen LogP contribution in [-0.2, 0) is 0 Å². The zero-order valence-electron chi connectivity index (χ0n) is 14.7. The third-order valence-corrected chi connectivity index (χ3v) is 4.94. The van der Waals surface area contributed by atoms with Crippen LogP contribution in [0.15, 0.2) is 54.6 Å². The first-order chi connectivity index (χ1) is 12.6. The second-order valence-corrected chi connectivity index (χ2v) is 6.97. The lowest BCUT2D eigenvalue weighted by molar-refractivity contribution is 0.0635. The van der Waals surface area contributed by atoms with Crippen LogP contribution < -0.4 is 0 Å². The Kier molecular flexibility index (Phi) is 6.42. The Balaban J connectivity index is 1.41. The number of Topliss-reactive ketones (excluding diaryl/α,β-unsaturated/α-hetero) is 1. The number of benzene rings is 2. The van der Waals surface area contributed by atoms with Crippen molar-refractivity contribution >= 4 is 23.3 Å². The van der Waals surface area contributed by atoms with Crippen molar-refractivity contribution in [2.24, 2.45) is 0 Å². The number of amides is 1. The molecule has 0 aromatic heterocycles. The molecule has 1 saturated heterocycles. The number of rotatable bonds is 6. The highest BCUT2D eigenvalue weighted by atomic mass is 35.5. The van der Waals surface area contributed by atoms with Gasteiger partial charge < -0.3 is 4.90 Å². The lowest BCUT2D eigenvalue weighted by Gasteiger charge is -2.34. The van der Waals surface area contributed by atoms with E-state index in [1.165, 1.54) is 0 Å². The monoisotopic (exact) mass is 370 g/mol. The molecule has 0 saturated carbocycles. The summed E-state index contributed by atoms with van der Waals surface area (Å²) in [6.45, 7) is 3.98. The molecule has 1 aliphatic rings. The number of hydrogen-bond donors (Lipinski definition) is 0. The minimum absolute atomic E-state index is 0.0337. The zero-order chi connectivity index (χ0) is 18.4. The molecule has 1 amide bonds. The maximum atomic E-state index is 12.5. The third kappa shape index (κ3) is 4.93. The zero-order valence-corrected chi connectivity index (χ0v) is 15.5. The van der Waals surface area contributed by atoms with Gasteiger partial charge >= 0.3 is 0 Å². The largest absolute Gasteiger partial charge is 0.336 e. The summed E-state index contributed by atoms with van der Waals surface area (Å²) in [6.07, 6.45) is 1.40. The second-order valence-electron chi connectivity index (χ2n) is 6.54. The number of nitrogens with zero attached hydrogens (tertiary/aromatic N) is 2. The lowest BCUT2D eigenvalue weighted by Crippen LogP contribution is -2.48. The molecule has 0 spiro atoms. The minimum Gasteiger partial charge on any atom is -0.336 e. The van der Waals surface area contributed by atoms with E-state index in [-0.39, 0.29) is 11.7 Å². The highest BCUT2D eigenvalue weighted by molar-refractivity contribution is 6.30. The molecule has 26 heavy (non-hydrogen) atoms. The van der Waals surface area contributed by atoms with Crippen molar-refractivity contribution in [3.63, 3.8) is 0 Å². The van der Waals surface area contributed by atoms with Crippen LogP contribution in [0, 0.1) is 0 Å². The maximum Gasteiger partial charge on any atom is 0.253 e. The smallest absolute Gasteiger partial charge is 0.253 e. The molecule has 1 heterocycles. The van der Waals surface area contributed by atoms with Crippen molar-refractivity contribution in [3.8, 4) is 0 Å². The molecule has 2 aromatic rings. The topological polar surface area (TPSA) is 40.6 Å². The quantitative estimate of drug-likeness (QED) is 0.727. The first-order valence-electron chi connectivity index (χ1n) is 8.99. The number of ketones is 1. The number of piperazine rings is 1. The molecule has 3 rings (SSSR count). The SMILES string of the molecule is O=C(CCCN1CCN(C(=O)c2cccc(Cl)c2)CC1)c1ccccc1. The predicted molar refractivity (Wildman–Crippen MR) is 104 cm³/mol. The van der Waals surface area contributed by atoms with Gasteiger partial charge in [0, 0.05) is 48.7 Å². The van der Waals surface area contributed by atoms with E-state index < -0.39 is 0 Å². The molecule has 1 fully saturated rings. The van der Waals surface area contributed by atoms with E-state index in [2.05, 4.69) is 4.90 Å². The number of carbonyl (C=O) groups is 2. The van der Waals surface area contributed by atoms with Gasteiger partial charge in [0.1, 0.15) is 0 Å². The fraction of sp³-hybridized carbons (Fsp3) is 0.333. The highest BCUT2D eigenvalue weighted by Gasteiger charge is 2.22. The molecule has 5 heteroatoms. The van der Waals surface area contributed by atoms with E-state index in [4.69, 9.17) is 11.6 Å². The first kappa shape index (κ1) is 18.6. The fourth-order valence-corrected chi connectivity index (χ4v) is 3.40. The van der Waals surface area contributed by atoms with Crippen molar-refractivity contribution in [2.75, 3.05) is 32.7 Å². The normalized spacial score (nSPS) is 15.0. The summed E-state index contributed by atoms with van der Waals surface area (Å²) in [6, 6.07) is 16.5. The van der Waals surface area contributed by atoms with Gasteiger partial charge in [0.2, 0.25) is 0 Å². The molecule has 0 radical (unpaired) electrons. The molecule has 4 nitrogen and oxygen atoms in total. The summed E-state index contributed by atoms with van der Waals surface area (Å²) in [4.78, 5) is 28.8. The summed E-state index contributed by atoms with van der Waals surface area (Å²) < 4.78 is 0. The van der Waals surface area contributed by atoms with Gasteiger partial charge in [-0.1, -0.05) is 48.0 Å². The van der Waals surface area contributed by atoms with Gasteiger partial charge in [0.25, 0.3) is 5.91 Å². The number of carbonyl (C=O) groups excluding carboxylic acids is 2. The van der Waals surface area contributed by atoms with E-state index in [9.17, 15) is 9.59 Å². The Hall–Kier alpha value is -2.17. The van der Waals surface area contributed by atoms with Gasteiger partial charge in [-0.15, -0.1) is 0 Å². The van der Waals surface area contributed by atoms with Crippen molar-refractivity contribution in [3.05, 3.63) is 70.7 Å². The van der Waals surface area contributed by atoms with Crippen LogP contribution in [0.25, 0.3) is 0 Å². The lowest BCUT2D eigenvalue weighted by atomic mass is 10.1. The van der Waals surface area contributed by atoms with E-state index in [1.807, 2.05) is 35.2 Å². The Morgan fingerprint density at radius 1 is 0.885 bits per heavy atom. The van der Waals surface area contributed by atoms with Gasteiger partial charge in [-0.05, 0) is 31.2 Å². The van der Waals surface area contributed by atoms with Crippen LogP contribution in [0.2, 0.25) is 5.02 Å². The van der Waals surface area contributed by atoms with Crippen LogP contribution >= 0.6 is 11.6 Å². The van der Waals surface area contributed by atoms with Gasteiger partial charge in [0.15, 0.2) is 5.78 Å². The standard InChI is InChI=1S/C21H23ClN2O2/c22-19-9-4-8-18(16-19)21(26)24-14-12-23(13-15-24)11-5-10-20(25)17-6-2-1-3-7-17/h1-4,6-9,16H,5,10-15H2. The van der Waals surface area contributed by atoms with Crippen LogP contribution in [0.5, 0.6) is 0 Å². The van der Waals surface area contributed by atoms with Gasteiger partial charge in [-0.25, -0.2) is 0 Å². The molecule has 0 aliphatic carbocycles. The van der Waals surface area contributed by atoms with Gasteiger partial charge in [-0.3, -0.25) is 14.5 Å². The van der Waals surface area contributed by atoms with Crippen molar-refractivity contribution in [1.29, 1.82) is 0 Å². The van der Waals surface area contributed by atoms with E-state index in [0.717, 1.165) is 31.6 Å². The molecule has 0 N–H and O–H groups in total. The molecule has 1 aliphatic heterocycles. The fourth-order valence-electron chi connectivity index (χ4n) is 3.21. The number of hydrogen-bond acceptors (Lipinski definition) is 3. The summed E-state index contributed by atoms with van der Waals surface area (Å²) in [5.41, 5.74) is 1.42. The van der Waals surface area contributed by atoms with Crippen LogP contribution in [0.4, 0.5) is 0 Å². The third-order valence-electron chi connectivity index (χ3n) is 4.71. The second kappa shape index (κ2) is 8.97. The summed E-state index contributed by atoms with van der Waals surface area (Å²) in [7, 11) is 0. The van der Waals surface area contributed by atoms with E-state index >= 15 is 0 Å². The first-order valence-corrected chi connectivity index (χ1v) is 9.37. The molecular formula is C21H23ClN2O2. The Morgan fingerprint density at radius 3 is 2.27 bits per heavy atom.